The highest BCUT2D eigenvalue weighted by atomic mass is 79.9. The third kappa shape index (κ3) is 3.45. The lowest BCUT2D eigenvalue weighted by Crippen LogP contribution is -2.13. The summed E-state index contributed by atoms with van der Waals surface area (Å²) in [5.74, 6) is -0.546. The number of halogens is 1. The topological polar surface area (TPSA) is 66.4 Å². The average molecular weight is 356 g/mol. The largest absolute Gasteiger partial charge is 0.772 e. The van der Waals surface area contributed by atoms with E-state index in [9.17, 15) is 13.6 Å². The molecule has 0 aliphatic rings. The Labute approximate surface area is 127 Å². The normalized spacial score (nSPS) is 13.9. The van der Waals surface area contributed by atoms with E-state index in [1.807, 2.05) is 24.3 Å². The number of esters is 1. The first-order valence-corrected chi connectivity index (χ1v) is 7.78. The van der Waals surface area contributed by atoms with E-state index in [1.165, 1.54) is 7.11 Å². The van der Waals surface area contributed by atoms with Crippen LogP contribution in [0.15, 0.2) is 40.9 Å². The van der Waals surface area contributed by atoms with Crippen molar-refractivity contribution in [1.82, 2.24) is 0 Å². The van der Waals surface area contributed by atoms with Crippen molar-refractivity contribution in [2.24, 2.45) is 0 Å². The van der Waals surface area contributed by atoms with Gasteiger partial charge in [0.25, 0.3) is 0 Å². The molecule has 0 heterocycles. The molecule has 6 heteroatoms. The molecule has 2 unspecified atom stereocenters. The Hall–Kier alpha value is -1.24. The zero-order chi connectivity index (χ0) is 14.7. The van der Waals surface area contributed by atoms with Crippen molar-refractivity contribution in [2.45, 2.75) is 11.7 Å². The minimum Gasteiger partial charge on any atom is -0.772 e. The molecule has 2 aromatic carbocycles. The SMILES string of the molecule is COC(=O)CC(c1ccc2cc(Br)ccc2c1)S(=O)[O-]. The smallest absolute Gasteiger partial charge is 0.307 e. The molecule has 0 saturated heterocycles. The molecule has 20 heavy (non-hydrogen) atoms. The van der Waals surface area contributed by atoms with Crippen molar-refractivity contribution >= 4 is 43.8 Å². The predicted octanol–water partition coefficient (Wildman–Crippen LogP) is 3.09. The van der Waals surface area contributed by atoms with E-state index in [4.69, 9.17) is 0 Å². The molecule has 0 aliphatic heterocycles. The van der Waals surface area contributed by atoms with Crippen molar-refractivity contribution in [2.75, 3.05) is 7.11 Å². The number of hydrogen-bond acceptors (Lipinski definition) is 4. The van der Waals surface area contributed by atoms with Gasteiger partial charge in [-0.1, -0.05) is 34.1 Å². The molecular formula is C14H12BrO4S-. The van der Waals surface area contributed by atoms with Gasteiger partial charge in [-0.25, -0.2) is 0 Å². The molecule has 2 aromatic rings. The molecule has 0 spiro atoms. The van der Waals surface area contributed by atoms with Gasteiger partial charge >= 0.3 is 5.97 Å². The Kier molecular flexibility index (Phi) is 4.91. The summed E-state index contributed by atoms with van der Waals surface area (Å²) in [6.45, 7) is 0. The fourth-order valence-corrected chi connectivity index (χ4v) is 2.99. The molecule has 2 rings (SSSR count). The molecule has 0 aliphatic carbocycles. The van der Waals surface area contributed by atoms with Crippen molar-refractivity contribution in [3.63, 3.8) is 0 Å². The number of rotatable bonds is 4. The summed E-state index contributed by atoms with van der Waals surface area (Å²) in [5, 5.41) is 1.03. The lowest BCUT2D eigenvalue weighted by Gasteiger charge is -2.19. The van der Waals surface area contributed by atoms with Crippen molar-refractivity contribution in [3.05, 3.63) is 46.4 Å². The van der Waals surface area contributed by atoms with E-state index < -0.39 is 22.3 Å². The highest BCUT2D eigenvalue weighted by Gasteiger charge is 2.17. The van der Waals surface area contributed by atoms with E-state index in [0.29, 0.717) is 5.56 Å². The van der Waals surface area contributed by atoms with Gasteiger partial charge in [0.2, 0.25) is 0 Å². The minimum absolute atomic E-state index is 0.186. The van der Waals surface area contributed by atoms with E-state index >= 15 is 0 Å². The van der Waals surface area contributed by atoms with Crippen LogP contribution in [0.1, 0.15) is 17.2 Å². The van der Waals surface area contributed by atoms with Crippen LogP contribution in [0, 0.1) is 0 Å². The zero-order valence-corrected chi connectivity index (χ0v) is 13.1. The molecule has 0 aromatic heterocycles. The Bertz CT molecular complexity index is 671. The van der Waals surface area contributed by atoms with Gasteiger partial charge in [0, 0.05) is 4.47 Å². The summed E-state index contributed by atoms with van der Waals surface area (Å²) in [6.07, 6.45) is -0.186. The van der Waals surface area contributed by atoms with Crippen LogP contribution >= 0.6 is 15.9 Å². The van der Waals surface area contributed by atoms with Crippen molar-refractivity contribution < 1.29 is 18.3 Å². The van der Waals surface area contributed by atoms with Crippen LogP contribution in [0.25, 0.3) is 10.8 Å². The van der Waals surface area contributed by atoms with Gasteiger partial charge in [0.1, 0.15) is 0 Å². The Balaban J connectivity index is 2.40. The van der Waals surface area contributed by atoms with E-state index in [2.05, 4.69) is 20.7 Å². The van der Waals surface area contributed by atoms with Crippen molar-refractivity contribution in [3.8, 4) is 0 Å². The van der Waals surface area contributed by atoms with Crippen LogP contribution in [0.2, 0.25) is 0 Å². The second kappa shape index (κ2) is 6.47. The Morgan fingerprint density at radius 1 is 1.30 bits per heavy atom. The summed E-state index contributed by atoms with van der Waals surface area (Å²) in [7, 11) is 1.24. The fraction of sp³-hybridized carbons (Fsp3) is 0.214. The number of hydrogen-bond donors (Lipinski definition) is 0. The summed E-state index contributed by atoms with van der Waals surface area (Å²) in [5.41, 5.74) is 0.582. The summed E-state index contributed by atoms with van der Waals surface area (Å²) in [4.78, 5) is 11.3. The van der Waals surface area contributed by atoms with Crippen LogP contribution in [0.3, 0.4) is 0 Å². The number of methoxy groups -OCH3 is 1. The maximum Gasteiger partial charge on any atom is 0.307 e. The third-order valence-corrected chi connectivity index (χ3v) is 4.41. The van der Waals surface area contributed by atoms with Gasteiger partial charge in [-0.3, -0.25) is 9.00 Å². The van der Waals surface area contributed by atoms with Crippen LogP contribution in [0.5, 0.6) is 0 Å². The standard InChI is InChI=1S/C14H13BrO4S/c1-19-14(16)8-13(20(17)18)11-3-2-10-7-12(15)5-4-9(10)6-11/h2-7,13H,8H2,1H3,(H,17,18)/p-1. The highest BCUT2D eigenvalue weighted by Crippen LogP contribution is 2.28. The van der Waals surface area contributed by atoms with Gasteiger partial charge < -0.3 is 9.29 Å². The van der Waals surface area contributed by atoms with Gasteiger partial charge in [0.15, 0.2) is 0 Å². The van der Waals surface area contributed by atoms with Gasteiger partial charge in [-0.15, -0.1) is 0 Å². The maximum absolute atomic E-state index is 11.3. The third-order valence-electron chi connectivity index (χ3n) is 3.01. The molecule has 0 fully saturated rings. The molecule has 2 atom stereocenters. The molecule has 4 nitrogen and oxygen atoms in total. The first-order chi connectivity index (χ1) is 9.51. The first-order valence-electron chi connectivity index (χ1n) is 5.85. The minimum atomic E-state index is -2.38. The summed E-state index contributed by atoms with van der Waals surface area (Å²) < 4.78 is 28.1. The molecule has 0 radical (unpaired) electrons. The zero-order valence-electron chi connectivity index (χ0n) is 10.7. The number of ether oxygens (including phenoxy) is 1. The Morgan fingerprint density at radius 3 is 2.60 bits per heavy atom. The molecule has 0 amide bonds. The fourth-order valence-electron chi connectivity index (χ4n) is 1.97. The summed E-state index contributed by atoms with van der Waals surface area (Å²) >= 11 is 1.00. The lowest BCUT2D eigenvalue weighted by atomic mass is 10.0. The maximum atomic E-state index is 11.3. The van der Waals surface area contributed by atoms with Crippen LogP contribution in [-0.4, -0.2) is 21.8 Å². The van der Waals surface area contributed by atoms with E-state index in [0.717, 1.165) is 15.2 Å². The monoisotopic (exact) mass is 355 g/mol. The van der Waals surface area contributed by atoms with Gasteiger partial charge in [-0.2, -0.15) is 0 Å². The first kappa shape index (κ1) is 15.2. The number of benzene rings is 2. The predicted molar refractivity (Wildman–Crippen MR) is 79.9 cm³/mol. The molecule has 0 bridgehead atoms. The number of carbonyl (C=O) groups is 1. The molecule has 0 N–H and O–H groups in total. The number of carbonyl (C=O) groups excluding carboxylic acids is 1. The number of fused-ring (bicyclic) bond motifs is 1. The Morgan fingerprint density at radius 2 is 1.95 bits per heavy atom. The highest BCUT2D eigenvalue weighted by molar-refractivity contribution is 9.10. The lowest BCUT2D eigenvalue weighted by molar-refractivity contribution is -0.140. The summed E-state index contributed by atoms with van der Waals surface area (Å²) in [6, 6.07) is 11.1. The quantitative estimate of drug-likeness (QED) is 0.624. The van der Waals surface area contributed by atoms with Gasteiger partial charge in [0.05, 0.1) is 18.8 Å². The van der Waals surface area contributed by atoms with Crippen LogP contribution < -0.4 is 0 Å². The average Bonchev–Trinajstić information content (AvgIpc) is 2.43. The van der Waals surface area contributed by atoms with Crippen LogP contribution in [-0.2, 0) is 20.6 Å². The molecular weight excluding hydrogens is 344 g/mol. The van der Waals surface area contributed by atoms with E-state index in [-0.39, 0.29) is 6.42 Å². The van der Waals surface area contributed by atoms with Crippen LogP contribution in [0.4, 0.5) is 0 Å². The second-order valence-corrected chi connectivity index (χ2v) is 6.29. The molecule has 0 saturated carbocycles. The van der Waals surface area contributed by atoms with Gasteiger partial charge in [-0.05, 0) is 45.6 Å². The second-order valence-electron chi connectivity index (χ2n) is 4.28. The van der Waals surface area contributed by atoms with E-state index in [1.54, 1.807) is 12.1 Å². The molecule has 106 valence electrons. The van der Waals surface area contributed by atoms with Crippen molar-refractivity contribution in [1.29, 1.82) is 0 Å².